The van der Waals surface area contributed by atoms with Crippen molar-refractivity contribution in [3.8, 4) is 22.8 Å². The first-order chi connectivity index (χ1) is 13.7. The van der Waals surface area contributed by atoms with Gasteiger partial charge in [0.05, 0.1) is 29.6 Å². The van der Waals surface area contributed by atoms with E-state index < -0.39 is 0 Å². The second-order valence-electron chi connectivity index (χ2n) is 6.66. The van der Waals surface area contributed by atoms with Crippen LogP contribution >= 0.6 is 0 Å². The van der Waals surface area contributed by atoms with E-state index in [-0.39, 0.29) is 0 Å². The first-order valence-corrected chi connectivity index (χ1v) is 8.85. The molecule has 0 unspecified atom stereocenters. The molecule has 0 aliphatic rings. The number of aryl methyl sites for hydroxylation is 2. The van der Waals surface area contributed by atoms with Crippen molar-refractivity contribution in [2.45, 2.75) is 13.5 Å². The third-order valence-electron chi connectivity index (χ3n) is 4.57. The number of hydrogen-bond acceptors (Lipinski definition) is 6. The Balaban J connectivity index is 1.53. The molecule has 138 valence electrons. The normalized spacial score (nSPS) is 11.4. The Hall–Kier alpha value is -3.81. The zero-order valence-electron chi connectivity index (χ0n) is 15.4. The van der Waals surface area contributed by atoms with Gasteiger partial charge in [-0.25, -0.2) is 0 Å². The van der Waals surface area contributed by atoms with Gasteiger partial charge in [0.15, 0.2) is 0 Å². The van der Waals surface area contributed by atoms with Crippen molar-refractivity contribution in [3.05, 3.63) is 66.7 Å². The summed E-state index contributed by atoms with van der Waals surface area (Å²) < 4.78 is 9.07. The number of rotatable bonds is 4. The molecule has 5 aromatic rings. The van der Waals surface area contributed by atoms with Crippen molar-refractivity contribution in [3.63, 3.8) is 0 Å². The molecule has 0 aliphatic carbocycles. The van der Waals surface area contributed by atoms with Gasteiger partial charge in [-0.3, -0.25) is 14.6 Å². The lowest BCUT2D eigenvalue weighted by Gasteiger charge is -2.06. The van der Waals surface area contributed by atoms with Gasteiger partial charge in [0.2, 0.25) is 11.7 Å². The zero-order valence-corrected chi connectivity index (χ0v) is 15.4. The summed E-state index contributed by atoms with van der Waals surface area (Å²) in [4.78, 5) is 13.3. The number of pyridine rings is 2. The van der Waals surface area contributed by atoms with Crippen molar-refractivity contribution in [1.82, 2.24) is 34.5 Å². The fourth-order valence-electron chi connectivity index (χ4n) is 3.24. The summed E-state index contributed by atoms with van der Waals surface area (Å²) in [6, 6.07) is 7.90. The molecule has 0 atom stereocenters. The van der Waals surface area contributed by atoms with Crippen molar-refractivity contribution in [1.29, 1.82) is 0 Å². The van der Waals surface area contributed by atoms with Crippen molar-refractivity contribution < 1.29 is 4.52 Å². The number of aromatic nitrogens is 7. The molecule has 8 heteroatoms. The summed E-state index contributed by atoms with van der Waals surface area (Å²) in [5.41, 5.74) is 4.63. The van der Waals surface area contributed by atoms with E-state index in [1.807, 2.05) is 42.5 Å². The summed E-state index contributed by atoms with van der Waals surface area (Å²) in [5.74, 6) is 1.07. The third kappa shape index (κ3) is 2.94. The highest BCUT2D eigenvalue weighted by atomic mass is 16.5. The topological polar surface area (TPSA) is 87.5 Å². The van der Waals surface area contributed by atoms with Gasteiger partial charge in [0, 0.05) is 55.3 Å². The standard InChI is InChI=1S/C20H17N7O/c1-13-24-20(25-28-13)15-3-5-21-17(7-15)18-8-19-16(10-22-18)4-6-27(19)12-14-9-23-26(2)11-14/h3-11H,12H2,1-2H3. The second kappa shape index (κ2) is 6.41. The van der Waals surface area contributed by atoms with Gasteiger partial charge in [-0.1, -0.05) is 5.16 Å². The molecule has 0 aliphatic heterocycles. The van der Waals surface area contributed by atoms with Gasteiger partial charge in [0.1, 0.15) is 0 Å². The van der Waals surface area contributed by atoms with E-state index in [1.54, 1.807) is 13.1 Å². The lowest BCUT2D eigenvalue weighted by atomic mass is 10.1. The first kappa shape index (κ1) is 16.4. The molecule has 0 bridgehead atoms. The van der Waals surface area contributed by atoms with E-state index in [4.69, 9.17) is 4.52 Å². The molecule has 0 saturated heterocycles. The molecule has 8 nitrogen and oxygen atoms in total. The van der Waals surface area contributed by atoms with E-state index in [9.17, 15) is 0 Å². The van der Waals surface area contributed by atoms with Gasteiger partial charge in [-0.05, 0) is 24.3 Å². The van der Waals surface area contributed by atoms with E-state index in [1.165, 1.54) is 0 Å². The molecule has 5 aromatic heterocycles. The van der Waals surface area contributed by atoms with Crippen LogP contribution in [0, 0.1) is 6.92 Å². The third-order valence-corrected chi connectivity index (χ3v) is 4.57. The van der Waals surface area contributed by atoms with Gasteiger partial charge >= 0.3 is 0 Å². The predicted molar refractivity (Wildman–Crippen MR) is 103 cm³/mol. The van der Waals surface area contributed by atoms with E-state index >= 15 is 0 Å². The number of fused-ring (bicyclic) bond motifs is 1. The Bertz CT molecular complexity index is 1280. The first-order valence-electron chi connectivity index (χ1n) is 8.85. The fraction of sp³-hybridized carbons (Fsp3) is 0.150. The summed E-state index contributed by atoms with van der Waals surface area (Å²) in [6.45, 7) is 2.51. The van der Waals surface area contributed by atoms with E-state index in [0.717, 1.165) is 40.0 Å². The maximum atomic E-state index is 5.08. The SMILES string of the molecule is Cc1nc(-c2ccnc(-c3cc4c(ccn4Cc4cnn(C)c4)cn3)c2)no1. The Morgan fingerprint density at radius 3 is 2.75 bits per heavy atom. The average molecular weight is 371 g/mol. The Morgan fingerprint density at radius 2 is 1.96 bits per heavy atom. The maximum absolute atomic E-state index is 5.08. The Morgan fingerprint density at radius 1 is 1.07 bits per heavy atom. The molecule has 28 heavy (non-hydrogen) atoms. The molecule has 0 radical (unpaired) electrons. The van der Waals surface area contributed by atoms with Crippen LogP contribution in [-0.4, -0.2) is 34.5 Å². The Kier molecular flexibility index (Phi) is 3.75. The highest BCUT2D eigenvalue weighted by molar-refractivity contribution is 5.83. The van der Waals surface area contributed by atoms with Crippen LogP contribution in [0.25, 0.3) is 33.7 Å². The van der Waals surface area contributed by atoms with Crippen LogP contribution in [0.2, 0.25) is 0 Å². The summed E-state index contributed by atoms with van der Waals surface area (Å²) in [5, 5.41) is 9.30. The minimum Gasteiger partial charge on any atom is -0.343 e. The molecule has 0 saturated carbocycles. The molecular formula is C20H17N7O. The van der Waals surface area contributed by atoms with E-state index in [2.05, 4.69) is 48.1 Å². The fourth-order valence-corrected chi connectivity index (χ4v) is 3.24. The summed E-state index contributed by atoms with van der Waals surface area (Å²) in [7, 11) is 1.92. The van der Waals surface area contributed by atoms with Crippen LogP contribution in [0.4, 0.5) is 0 Å². The zero-order chi connectivity index (χ0) is 19.1. The van der Waals surface area contributed by atoms with Crippen molar-refractivity contribution in [2.75, 3.05) is 0 Å². The minimum absolute atomic E-state index is 0.529. The van der Waals surface area contributed by atoms with Gasteiger partial charge < -0.3 is 9.09 Å². The summed E-state index contributed by atoms with van der Waals surface area (Å²) in [6.07, 6.45) is 9.57. The van der Waals surface area contributed by atoms with Crippen LogP contribution in [0.1, 0.15) is 11.5 Å². The summed E-state index contributed by atoms with van der Waals surface area (Å²) >= 11 is 0. The van der Waals surface area contributed by atoms with Gasteiger partial charge in [-0.2, -0.15) is 10.1 Å². The lowest BCUT2D eigenvalue weighted by molar-refractivity contribution is 0.394. The molecule has 0 aromatic carbocycles. The molecular weight excluding hydrogens is 354 g/mol. The molecule has 5 heterocycles. The van der Waals surface area contributed by atoms with Crippen LogP contribution in [0.3, 0.4) is 0 Å². The van der Waals surface area contributed by atoms with Crippen molar-refractivity contribution >= 4 is 10.9 Å². The van der Waals surface area contributed by atoms with Gasteiger partial charge in [-0.15, -0.1) is 0 Å². The maximum Gasteiger partial charge on any atom is 0.223 e. The second-order valence-corrected chi connectivity index (χ2v) is 6.66. The quantitative estimate of drug-likeness (QED) is 0.482. The molecule has 0 N–H and O–H groups in total. The highest BCUT2D eigenvalue weighted by Gasteiger charge is 2.11. The molecule has 5 rings (SSSR count). The molecule has 0 fully saturated rings. The monoisotopic (exact) mass is 371 g/mol. The number of hydrogen-bond donors (Lipinski definition) is 0. The van der Waals surface area contributed by atoms with Crippen molar-refractivity contribution in [2.24, 2.45) is 7.05 Å². The van der Waals surface area contributed by atoms with E-state index in [0.29, 0.717) is 11.7 Å². The van der Waals surface area contributed by atoms with Crippen LogP contribution < -0.4 is 0 Å². The van der Waals surface area contributed by atoms with Crippen LogP contribution in [-0.2, 0) is 13.6 Å². The minimum atomic E-state index is 0.529. The van der Waals surface area contributed by atoms with Gasteiger partial charge in [0.25, 0.3) is 0 Å². The number of nitrogens with zero attached hydrogens (tertiary/aromatic N) is 7. The Labute approximate surface area is 160 Å². The molecule has 0 amide bonds. The van der Waals surface area contributed by atoms with Crippen LogP contribution in [0.15, 0.2) is 59.8 Å². The molecule has 0 spiro atoms. The predicted octanol–water partition coefficient (Wildman–Crippen LogP) is 3.24. The largest absolute Gasteiger partial charge is 0.343 e. The van der Waals surface area contributed by atoms with Crippen LogP contribution in [0.5, 0.6) is 0 Å². The lowest BCUT2D eigenvalue weighted by Crippen LogP contribution is -1.97. The average Bonchev–Trinajstić information content (AvgIpc) is 3.43. The highest BCUT2D eigenvalue weighted by Crippen LogP contribution is 2.25. The smallest absolute Gasteiger partial charge is 0.223 e.